The summed E-state index contributed by atoms with van der Waals surface area (Å²) in [6, 6.07) is 1.94. The number of nitriles is 1. The number of nitrogens with one attached hydrogen (secondary N) is 2. The molecule has 0 radical (unpaired) electrons. The molecule has 0 aliphatic heterocycles. The van der Waals surface area contributed by atoms with Gasteiger partial charge in [0.2, 0.25) is 0 Å². The first-order valence-corrected chi connectivity index (χ1v) is 6.26. The van der Waals surface area contributed by atoms with Gasteiger partial charge in [-0.1, -0.05) is 6.92 Å². The van der Waals surface area contributed by atoms with Crippen LogP contribution in [0.1, 0.15) is 41.0 Å². The standard InChI is InChI=1S/C9H19N3O2S/c1-6-9(5,7-10)12-15(13,14)11-8(2,3)4/h11-12H,6H2,1-5H3. The monoisotopic (exact) mass is 233 g/mol. The van der Waals surface area contributed by atoms with E-state index in [0.29, 0.717) is 6.42 Å². The Bertz CT molecular complexity index is 351. The van der Waals surface area contributed by atoms with Crippen LogP contribution < -0.4 is 9.44 Å². The van der Waals surface area contributed by atoms with E-state index in [4.69, 9.17) is 5.26 Å². The minimum Gasteiger partial charge on any atom is -0.197 e. The van der Waals surface area contributed by atoms with E-state index in [1.54, 1.807) is 34.6 Å². The maximum absolute atomic E-state index is 11.6. The van der Waals surface area contributed by atoms with Crippen LogP contribution in [0, 0.1) is 11.3 Å². The lowest BCUT2D eigenvalue weighted by molar-refractivity contribution is 0.453. The molecule has 0 amide bonds. The maximum Gasteiger partial charge on any atom is 0.278 e. The molecule has 0 fully saturated rings. The molecule has 1 atom stereocenters. The highest BCUT2D eigenvalue weighted by molar-refractivity contribution is 7.87. The van der Waals surface area contributed by atoms with Gasteiger partial charge in [-0.3, -0.25) is 0 Å². The molecule has 2 N–H and O–H groups in total. The molecule has 6 heteroatoms. The summed E-state index contributed by atoms with van der Waals surface area (Å²) in [5.41, 5.74) is -1.62. The molecule has 1 unspecified atom stereocenters. The van der Waals surface area contributed by atoms with Crippen molar-refractivity contribution in [1.82, 2.24) is 9.44 Å². The third-order valence-corrected chi connectivity index (χ3v) is 3.35. The maximum atomic E-state index is 11.6. The van der Waals surface area contributed by atoms with Crippen molar-refractivity contribution in [1.29, 1.82) is 5.26 Å². The first-order chi connectivity index (χ1) is 6.54. The van der Waals surface area contributed by atoms with E-state index in [-0.39, 0.29) is 0 Å². The average Bonchev–Trinajstić information content (AvgIpc) is 1.98. The van der Waals surface area contributed by atoms with Crippen molar-refractivity contribution in [2.75, 3.05) is 0 Å². The van der Waals surface area contributed by atoms with Gasteiger partial charge in [0.15, 0.2) is 0 Å². The van der Waals surface area contributed by atoms with Crippen LogP contribution in [0.5, 0.6) is 0 Å². The van der Waals surface area contributed by atoms with Gasteiger partial charge in [0.05, 0.1) is 6.07 Å². The average molecular weight is 233 g/mol. The lowest BCUT2D eigenvalue weighted by Crippen LogP contribution is -2.53. The molecule has 5 nitrogen and oxygen atoms in total. The highest BCUT2D eigenvalue weighted by Crippen LogP contribution is 2.10. The summed E-state index contributed by atoms with van der Waals surface area (Å²) in [5.74, 6) is 0. The Morgan fingerprint density at radius 2 is 1.67 bits per heavy atom. The number of nitrogens with zero attached hydrogens (tertiary/aromatic N) is 1. The van der Waals surface area contributed by atoms with E-state index in [2.05, 4.69) is 9.44 Å². The van der Waals surface area contributed by atoms with Crippen molar-refractivity contribution in [3.8, 4) is 6.07 Å². The van der Waals surface area contributed by atoms with Gasteiger partial charge in [0.1, 0.15) is 5.54 Å². The lowest BCUT2D eigenvalue weighted by Gasteiger charge is -2.26. The second-order valence-electron chi connectivity index (χ2n) is 4.76. The van der Waals surface area contributed by atoms with Gasteiger partial charge in [-0.2, -0.15) is 23.1 Å². The van der Waals surface area contributed by atoms with Crippen LogP contribution >= 0.6 is 0 Å². The first-order valence-electron chi connectivity index (χ1n) is 4.78. The third-order valence-electron chi connectivity index (χ3n) is 1.75. The first kappa shape index (κ1) is 14.4. The van der Waals surface area contributed by atoms with Crippen LogP contribution in [0.4, 0.5) is 0 Å². The minimum atomic E-state index is -3.64. The molecule has 15 heavy (non-hydrogen) atoms. The molecule has 0 spiro atoms. The molecule has 0 heterocycles. The summed E-state index contributed by atoms with van der Waals surface area (Å²) in [4.78, 5) is 0. The molecular weight excluding hydrogens is 214 g/mol. The van der Waals surface area contributed by atoms with Crippen LogP contribution in [0.25, 0.3) is 0 Å². The van der Waals surface area contributed by atoms with Crippen molar-refractivity contribution in [3.63, 3.8) is 0 Å². The molecule has 0 aromatic heterocycles. The SMILES string of the molecule is CCC(C)(C#N)NS(=O)(=O)NC(C)(C)C. The number of hydrogen-bond donors (Lipinski definition) is 2. The zero-order valence-corrected chi connectivity index (χ0v) is 10.7. The van der Waals surface area contributed by atoms with Gasteiger partial charge in [0.25, 0.3) is 10.2 Å². The van der Waals surface area contributed by atoms with Gasteiger partial charge >= 0.3 is 0 Å². The van der Waals surface area contributed by atoms with Crippen molar-refractivity contribution in [3.05, 3.63) is 0 Å². The van der Waals surface area contributed by atoms with Gasteiger partial charge in [-0.05, 0) is 34.1 Å². The van der Waals surface area contributed by atoms with E-state index >= 15 is 0 Å². The van der Waals surface area contributed by atoms with Crippen LogP contribution in [0.15, 0.2) is 0 Å². The van der Waals surface area contributed by atoms with Gasteiger partial charge in [0, 0.05) is 5.54 Å². The van der Waals surface area contributed by atoms with Crippen molar-refractivity contribution in [2.24, 2.45) is 0 Å². The molecular formula is C9H19N3O2S. The fraction of sp³-hybridized carbons (Fsp3) is 0.889. The molecule has 0 aromatic rings. The third kappa shape index (κ3) is 5.72. The second-order valence-corrected chi connectivity index (χ2v) is 6.17. The summed E-state index contributed by atoms with van der Waals surface area (Å²) < 4.78 is 28.0. The molecule has 0 aromatic carbocycles. The van der Waals surface area contributed by atoms with Crippen LogP contribution in [0.2, 0.25) is 0 Å². The quantitative estimate of drug-likeness (QED) is 0.757. The van der Waals surface area contributed by atoms with Crippen LogP contribution in [-0.4, -0.2) is 19.5 Å². The largest absolute Gasteiger partial charge is 0.278 e. The summed E-state index contributed by atoms with van der Waals surface area (Å²) in [6.45, 7) is 8.52. The fourth-order valence-corrected chi connectivity index (χ4v) is 2.54. The number of rotatable bonds is 4. The lowest BCUT2D eigenvalue weighted by atomic mass is 10.0. The molecule has 0 rings (SSSR count). The molecule has 0 aliphatic rings. The van der Waals surface area contributed by atoms with E-state index in [0.717, 1.165) is 0 Å². The smallest absolute Gasteiger partial charge is 0.197 e. The molecule has 0 aliphatic carbocycles. The van der Waals surface area contributed by atoms with E-state index in [1.165, 1.54) is 0 Å². The van der Waals surface area contributed by atoms with E-state index in [9.17, 15) is 8.42 Å². The van der Waals surface area contributed by atoms with Crippen LogP contribution in [0.3, 0.4) is 0 Å². The topological polar surface area (TPSA) is 82.0 Å². The van der Waals surface area contributed by atoms with Crippen LogP contribution in [-0.2, 0) is 10.2 Å². The highest BCUT2D eigenvalue weighted by Gasteiger charge is 2.29. The van der Waals surface area contributed by atoms with E-state index in [1.807, 2.05) is 6.07 Å². The Kier molecular flexibility index (Phi) is 4.28. The molecule has 0 saturated carbocycles. The van der Waals surface area contributed by atoms with Crippen molar-refractivity contribution < 1.29 is 8.42 Å². The summed E-state index contributed by atoms with van der Waals surface area (Å²) >= 11 is 0. The summed E-state index contributed by atoms with van der Waals surface area (Å²) in [5, 5.41) is 8.84. The zero-order valence-electron chi connectivity index (χ0n) is 9.88. The van der Waals surface area contributed by atoms with Gasteiger partial charge in [-0.25, -0.2) is 0 Å². The van der Waals surface area contributed by atoms with Crippen molar-refractivity contribution >= 4 is 10.2 Å². The predicted octanol–water partition coefficient (Wildman–Crippen LogP) is 0.901. The van der Waals surface area contributed by atoms with Gasteiger partial charge in [-0.15, -0.1) is 0 Å². The second kappa shape index (κ2) is 4.47. The normalized spacial score (nSPS) is 16.8. The fourth-order valence-electron chi connectivity index (χ4n) is 0.899. The van der Waals surface area contributed by atoms with Crippen molar-refractivity contribution in [2.45, 2.75) is 52.1 Å². The Hall–Kier alpha value is -0.640. The Morgan fingerprint density at radius 3 is 1.93 bits per heavy atom. The highest BCUT2D eigenvalue weighted by atomic mass is 32.2. The predicted molar refractivity (Wildman–Crippen MR) is 59.3 cm³/mol. The summed E-state index contributed by atoms with van der Waals surface area (Å²) in [7, 11) is -3.64. The minimum absolute atomic E-state index is 0.411. The Morgan fingerprint density at radius 1 is 1.20 bits per heavy atom. The molecule has 0 saturated heterocycles. The summed E-state index contributed by atoms with van der Waals surface area (Å²) in [6.07, 6.45) is 0.411. The Balaban J connectivity index is 4.75. The zero-order chi connectivity index (χ0) is 12.3. The number of hydrogen-bond acceptors (Lipinski definition) is 3. The Labute approximate surface area is 92.0 Å². The van der Waals surface area contributed by atoms with E-state index < -0.39 is 21.3 Å². The molecule has 0 bridgehead atoms. The van der Waals surface area contributed by atoms with Gasteiger partial charge < -0.3 is 0 Å². The molecule has 88 valence electrons.